The van der Waals surface area contributed by atoms with E-state index in [0.717, 1.165) is 6.42 Å². The van der Waals surface area contributed by atoms with Gasteiger partial charge in [0.25, 0.3) is 0 Å². The third-order valence-corrected chi connectivity index (χ3v) is 4.91. The standard InChI is InChI=1S/C15H21F3O3/c1-9(2)13(19)21-7-3-4-11-10-5-6-12(11)14(20,8-10)15(16,17)18/h10-12,20H,1,3-8H2,2H3. The zero-order valence-corrected chi connectivity index (χ0v) is 12.1. The molecule has 0 aromatic rings. The molecular formula is C15H21F3O3. The maximum absolute atomic E-state index is 13.0. The van der Waals surface area contributed by atoms with Gasteiger partial charge in [-0.1, -0.05) is 6.58 Å². The number of ether oxygens (including phenoxy) is 1. The Kier molecular flexibility index (Phi) is 4.38. The highest BCUT2D eigenvalue weighted by atomic mass is 19.4. The van der Waals surface area contributed by atoms with Gasteiger partial charge in [0.2, 0.25) is 0 Å². The van der Waals surface area contributed by atoms with Gasteiger partial charge in [0.05, 0.1) is 6.61 Å². The van der Waals surface area contributed by atoms with E-state index in [0.29, 0.717) is 24.8 Å². The summed E-state index contributed by atoms with van der Waals surface area (Å²) < 4.78 is 44.0. The molecule has 0 saturated heterocycles. The fourth-order valence-corrected chi connectivity index (χ4v) is 3.92. The van der Waals surface area contributed by atoms with Gasteiger partial charge in [-0.3, -0.25) is 0 Å². The highest BCUT2D eigenvalue weighted by Gasteiger charge is 2.67. The second-order valence-corrected chi connectivity index (χ2v) is 6.29. The zero-order valence-electron chi connectivity index (χ0n) is 12.1. The summed E-state index contributed by atoms with van der Waals surface area (Å²) in [5, 5.41) is 9.98. The molecule has 2 saturated carbocycles. The van der Waals surface area contributed by atoms with Crippen LogP contribution in [0.4, 0.5) is 13.2 Å². The predicted octanol–water partition coefficient (Wildman–Crippen LogP) is 3.23. The van der Waals surface area contributed by atoms with E-state index < -0.39 is 23.7 Å². The molecule has 2 aliphatic rings. The van der Waals surface area contributed by atoms with Crippen LogP contribution in [0.1, 0.15) is 39.0 Å². The first-order valence-electron chi connectivity index (χ1n) is 7.28. The van der Waals surface area contributed by atoms with Gasteiger partial charge in [-0.25, -0.2) is 4.79 Å². The summed E-state index contributed by atoms with van der Waals surface area (Å²) in [6.45, 7) is 5.19. The fraction of sp³-hybridized carbons (Fsp3) is 0.800. The average Bonchev–Trinajstić information content (AvgIpc) is 2.88. The highest BCUT2D eigenvalue weighted by Crippen LogP contribution is 2.60. The van der Waals surface area contributed by atoms with Crippen LogP contribution in [-0.2, 0) is 9.53 Å². The number of esters is 1. The normalized spacial score (nSPS) is 35.0. The van der Waals surface area contributed by atoms with Gasteiger partial charge < -0.3 is 9.84 Å². The lowest BCUT2D eigenvalue weighted by Crippen LogP contribution is -2.49. The lowest BCUT2D eigenvalue weighted by atomic mass is 9.82. The molecule has 0 radical (unpaired) electrons. The quantitative estimate of drug-likeness (QED) is 0.482. The van der Waals surface area contributed by atoms with Crippen LogP contribution < -0.4 is 0 Å². The van der Waals surface area contributed by atoms with E-state index in [2.05, 4.69) is 6.58 Å². The van der Waals surface area contributed by atoms with Crippen molar-refractivity contribution in [3.63, 3.8) is 0 Å². The van der Waals surface area contributed by atoms with E-state index in [1.165, 1.54) is 0 Å². The highest BCUT2D eigenvalue weighted by molar-refractivity contribution is 5.86. The molecule has 2 rings (SSSR count). The van der Waals surface area contributed by atoms with Gasteiger partial charge in [-0.05, 0) is 56.8 Å². The van der Waals surface area contributed by atoms with Crippen molar-refractivity contribution in [2.75, 3.05) is 6.61 Å². The Morgan fingerprint density at radius 3 is 2.62 bits per heavy atom. The largest absolute Gasteiger partial charge is 0.462 e. The number of alkyl halides is 3. The number of hydrogen-bond donors (Lipinski definition) is 1. The van der Waals surface area contributed by atoms with Crippen molar-refractivity contribution in [1.29, 1.82) is 0 Å². The first-order valence-corrected chi connectivity index (χ1v) is 7.28. The van der Waals surface area contributed by atoms with Gasteiger partial charge >= 0.3 is 12.1 Å². The van der Waals surface area contributed by atoms with Crippen molar-refractivity contribution in [3.05, 3.63) is 12.2 Å². The monoisotopic (exact) mass is 306 g/mol. The van der Waals surface area contributed by atoms with Crippen LogP contribution in [0.3, 0.4) is 0 Å². The molecule has 21 heavy (non-hydrogen) atoms. The van der Waals surface area contributed by atoms with E-state index in [-0.39, 0.29) is 24.9 Å². The Morgan fingerprint density at radius 2 is 2.10 bits per heavy atom. The number of fused-ring (bicyclic) bond motifs is 2. The van der Waals surface area contributed by atoms with Gasteiger partial charge in [0, 0.05) is 5.57 Å². The lowest BCUT2D eigenvalue weighted by Gasteiger charge is -2.34. The minimum Gasteiger partial charge on any atom is -0.462 e. The summed E-state index contributed by atoms with van der Waals surface area (Å²) in [4.78, 5) is 11.2. The maximum Gasteiger partial charge on any atom is 0.417 e. The van der Waals surface area contributed by atoms with E-state index in [4.69, 9.17) is 4.74 Å². The average molecular weight is 306 g/mol. The van der Waals surface area contributed by atoms with Crippen molar-refractivity contribution in [3.8, 4) is 0 Å². The molecule has 4 unspecified atom stereocenters. The Labute approximate surface area is 122 Å². The number of rotatable bonds is 5. The SMILES string of the molecule is C=C(C)C(=O)OCCCC1C2CCC1C(O)(C(F)(F)F)C2. The molecule has 120 valence electrons. The molecule has 0 spiro atoms. The van der Waals surface area contributed by atoms with Crippen LogP contribution in [0.2, 0.25) is 0 Å². The molecular weight excluding hydrogens is 285 g/mol. The second kappa shape index (κ2) is 5.63. The third kappa shape index (κ3) is 2.96. The Hall–Kier alpha value is -1.04. The predicted molar refractivity (Wildman–Crippen MR) is 70.3 cm³/mol. The van der Waals surface area contributed by atoms with Crippen LogP contribution in [0.15, 0.2) is 12.2 Å². The molecule has 0 amide bonds. The van der Waals surface area contributed by atoms with Crippen LogP contribution >= 0.6 is 0 Å². The molecule has 3 nitrogen and oxygen atoms in total. The van der Waals surface area contributed by atoms with Crippen LogP contribution in [0.5, 0.6) is 0 Å². The van der Waals surface area contributed by atoms with Crippen LogP contribution in [-0.4, -0.2) is 29.5 Å². The Morgan fingerprint density at radius 1 is 1.43 bits per heavy atom. The first kappa shape index (κ1) is 16.3. The third-order valence-electron chi connectivity index (χ3n) is 4.91. The number of carbonyl (C=O) groups is 1. The van der Waals surface area contributed by atoms with Gasteiger partial charge in [-0.2, -0.15) is 13.2 Å². The smallest absolute Gasteiger partial charge is 0.417 e. The van der Waals surface area contributed by atoms with Crippen LogP contribution in [0, 0.1) is 17.8 Å². The van der Waals surface area contributed by atoms with E-state index in [9.17, 15) is 23.1 Å². The molecule has 1 N–H and O–H groups in total. The van der Waals surface area contributed by atoms with Gasteiger partial charge in [0.1, 0.15) is 0 Å². The molecule has 0 heterocycles. The zero-order chi connectivity index (χ0) is 15.8. The summed E-state index contributed by atoms with van der Waals surface area (Å²) in [6, 6.07) is 0. The molecule has 0 aromatic carbocycles. The van der Waals surface area contributed by atoms with E-state index >= 15 is 0 Å². The van der Waals surface area contributed by atoms with Crippen molar-refractivity contribution >= 4 is 5.97 Å². The lowest BCUT2D eigenvalue weighted by molar-refractivity contribution is -0.278. The number of carbonyl (C=O) groups excluding carboxylic acids is 1. The maximum atomic E-state index is 13.0. The molecule has 2 bridgehead atoms. The molecule has 6 heteroatoms. The minimum atomic E-state index is -4.56. The first-order chi connectivity index (χ1) is 9.67. The molecule has 2 aliphatic carbocycles. The topological polar surface area (TPSA) is 46.5 Å². The number of aliphatic hydroxyl groups is 1. The van der Waals surface area contributed by atoms with E-state index in [1.54, 1.807) is 6.92 Å². The number of halogens is 3. The second-order valence-electron chi connectivity index (χ2n) is 6.29. The Balaban J connectivity index is 1.86. The Bertz CT molecular complexity index is 432. The summed E-state index contributed by atoms with van der Waals surface area (Å²) in [5.41, 5.74) is -2.21. The minimum absolute atomic E-state index is 0.0709. The number of hydrogen-bond acceptors (Lipinski definition) is 3. The van der Waals surface area contributed by atoms with Gasteiger partial charge in [0.15, 0.2) is 5.60 Å². The summed E-state index contributed by atoms with van der Waals surface area (Å²) in [6.07, 6.45) is -2.49. The van der Waals surface area contributed by atoms with Crippen LogP contribution in [0.25, 0.3) is 0 Å². The summed E-state index contributed by atoms with van der Waals surface area (Å²) in [7, 11) is 0. The van der Waals surface area contributed by atoms with Crippen molar-refractivity contribution in [1.82, 2.24) is 0 Å². The summed E-state index contributed by atoms with van der Waals surface area (Å²) in [5.74, 6) is -1.38. The molecule has 0 aromatic heterocycles. The van der Waals surface area contributed by atoms with Gasteiger partial charge in [-0.15, -0.1) is 0 Å². The summed E-state index contributed by atoms with van der Waals surface area (Å²) >= 11 is 0. The van der Waals surface area contributed by atoms with Crippen molar-refractivity contribution < 1.29 is 27.8 Å². The molecule has 0 aliphatic heterocycles. The molecule has 2 fully saturated rings. The van der Waals surface area contributed by atoms with Crippen molar-refractivity contribution in [2.24, 2.45) is 17.8 Å². The van der Waals surface area contributed by atoms with E-state index in [1.807, 2.05) is 0 Å². The van der Waals surface area contributed by atoms with Crippen molar-refractivity contribution in [2.45, 2.75) is 50.8 Å². The molecule has 4 atom stereocenters. The fourth-order valence-electron chi connectivity index (χ4n) is 3.92.